The Balaban J connectivity index is 2.84. The van der Waals surface area contributed by atoms with Crippen LogP contribution in [-0.2, 0) is 9.59 Å². The van der Waals surface area contributed by atoms with Crippen LogP contribution < -0.4 is 0 Å². The number of nitrogens with zero attached hydrogens (tertiary/aromatic N) is 1. The highest BCUT2D eigenvalue weighted by atomic mass is 16.6. The van der Waals surface area contributed by atoms with Crippen LogP contribution in [0.15, 0.2) is 23.4 Å². The van der Waals surface area contributed by atoms with E-state index in [1.807, 2.05) is 0 Å². The zero-order valence-corrected chi connectivity index (χ0v) is 9.93. The zero-order valence-electron chi connectivity index (χ0n) is 9.93. The minimum atomic E-state index is -0.462. The topological polar surface area (TPSA) is 77.3 Å². The first-order valence-corrected chi connectivity index (χ1v) is 5.46. The lowest BCUT2D eigenvalue weighted by Gasteiger charge is -2.14. The summed E-state index contributed by atoms with van der Waals surface area (Å²) in [7, 11) is 0. The molecule has 92 valence electrons. The van der Waals surface area contributed by atoms with Crippen molar-refractivity contribution in [2.45, 2.75) is 33.1 Å². The minimum Gasteiger partial charge on any atom is -0.300 e. The van der Waals surface area contributed by atoms with E-state index in [-0.39, 0.29) is 29.6 Å². The van der Waals surface area contributed by atoms with E-state index in [2.05, 4.69) is 0 Å². The Morgan fingerprint density at radius 3 is 2.53 bits per heavy atom. The SMILES string of the molecule is CC(=O)CCC1C=C(C(C)=O)CC([N+](=O)[O-])=C1. The molecule has 5 heteroatoms. The molecule has 0 heterocycles. The molecule has 0 aromatic heterocycles. The van der Waals surface area contributed by atoms with Gasteiger partial charge in [0.2, 0.25) is 5.70 Å². The van der Waals surface area contributed by atoms with Gasteiger partial charge in [-0.2, -0.15) is 0 Å². The molecule has 0 aliphatic heterocycles. The molecule has 0 saturated heterocycles. The molecule has 0 bridgehead atoms. The summed E-state index contributed by atoms with van der Waals surface area (Å²) in [6.45, 7) is 2.88. The number of ketones is 2. The van der Waals surface area contributed by atoms with Gasteiger partial charge in [0.05, 0.1) is 11.3 Å². The van der Waals surface area contributed by atoms with Crippen molar-refractivity contribution in [3.05, 3.63) is 33.5 Å². The maximum atomic E-state index is 11.3. The molecule has 1 rings (SSSR count). The number of hydrogen-bond acceptors (Lipinski definition) is 4. The lowest BCUT2D eigenvalue weighted by molar-refractivity contribution is -0.427. The molecule has 0 aromatic carbocycles. The number of allylic oxidation sites excluding steroid dienone is 3. The summed E-state index contributed by atoms with van der Waals surface area (Å²) < 4.78 is 0. The first kappa shape index (κ1) is 13.3. The maximum absolute atomic E-state index is 11.3. The van der Waals surface area contributed by atoms with Crippen LogP contribution in [0.5, 0.6) is 0 Å². The molecule has 0 N–H and O–H groups in total. The Labute approximate surface area is 99.3 Å². The molecular formula is C12H15NO4. The summed E-state index contributed by atoms with van der Waals surface area (Å²) in [6.07, 6.45) is 4.24. The van der Waals surface area contributed by atoms with Crippen LogP contribution in [0.3, 0.4) is 0 Å². The third-order valence-electron chi connectivity index (χ3n) is 2.71. The average Bonchev–Trinajstić information content (AvgIpc) is 2.25. The molecule has 0 aromatic rings. The zero-order chi connectivity index (χ0) is 13.0. The van der Waals surface area contributed by atoms with Gasteiger partial charge in [-0.15, -0.1) is 0 Å². The summed E-state index contributed by atoms with van der Waals surface area (Å²) in [5.74, 6) is -0.290. The monoisotopic (exact) mass is 237 g/mol. The van der Waals surface area contributed by atoms with Gasteiger partial charge >= 0.3 is 0 Å². The Hall–Kier alpha value is -1.78. The average molecular weight is 237 g/mol. The molecule has 0 spiro atoms. The van der Waals surface area contributed by atoms with E-state index in [1.165, 1.54) is 19.9 Å². The predicted molar refractivity (Wildman–Crippen MR) is 61.9 cm³/mol. The van der Waals surface area contributed by atoms with Crippen LogP contribution in [-0.4, -0.2) is 16.5 Å². The lowest BCUT2D eigenvalue weighted by atomic mass is 9.89. The van der Waals surface area contributed by atoms with E-state index in [0.29, 0.717) is 18.4 Å². The number of nitro groups is 1. The number of Topliss-reactive ketones (excluding diaryl/α,β-unsaturated/α-hetero) is 2. The van der Waals surface area contributed by atoms with Crippen molar-refractivity contribution in [1.29, 1.82) is 0 Å². The Bertz CT molecular complexity index is 390. The lowest BCUT2D eigenvalue weighted by Crippen LogP contribution is -2.13. The second-order valence-electron chi connectivity index (χ2n) is 4.24. The number of rotatable bonds is 5. The summed E-state index contributed by atoms with van der Waals surface area (Å²) in [5, 5.41) is 10.7. The fourth-order valence-corrected chi connectivity index (χ4v) is 1.77. The van der Waals surface area contributed by atoms with Gasteiger partial charge in [0.15, 0.2) is 5.78 Å². The van der Waals surface area contributed by atoms with Crippen molar-refractivity contribution in [3.8, 4) is 0 Å². The number of hydrogen-bond donors (Lipinski definition) is 0. The normalized spacial score (nSPS) is 19.3. The third kappa shape index (κ3) is 3.94. The van der Waals surface area contributed by atoms with Crippen molar-refractivity contribution in [2.24, 2.45) is 5.92 Å². The Morgan fingerprint density at radius 1 is 1.41 bits per heavy atom. The van der Waals surface area contributed by atoms with Crippen molar-refractivity contribution >= 4 is 11.6 Å². The van der Waals surface area contributed by atoms with Crippen molar-refractivity contribution in [3.63, 3.8) is 0 Å². The van der Waals surface area contributed by atoms with Crippen molar-refractivity contribution in [2.75, 3.05) is 0 Å². The summed E-state index contributed by atoms with van der Waals surface area (Å²) in [5.41, 5.74) is 0.513. The number of carbonyl (C=O) groups excluding carboxylic acids is 2. The summed E-state index contributed by atoms with van der Waals surface area (Å²) in [6, 6.07) is 0. The fourth-order valence-electron chi connectivity index (χ4n) is 1.77. The van der Waals surface area contributed by atoms with Crippen LogP contribution >= 0.6 is 0 Å². The van der Waals surface area contributed by atoms with Gasteiger partial charge in [0.25, 0.3) is 0 Å². The standard InChI is InChI=1S/C12H15NO4/c1-8(14)3-4-10-5-11(9(2)15)7-12(6-10)13(16)17/h5-6,10H,3-4,7H2,1-2H3. The second-order valence-corrected chi connectivity index (χ2v) is 4.24. The molecule has 1 aliphatic carbocycles. The van der Waals surface area contributed by atoms with Gasteiger partial charge in [-0.3, -0.25) is 14.9 Å². The van der Waals surface area contributed by atoms with Gasteiger partial charge in [-0.05, 0) is 26.3 Å². The van der Waals surface area contributed by atoms with Crippen LogP contribution in [0.2, 0.25) is 0 Å². The van der Waals surface area contributed by atoms with Crippen LogP contribution in [0.1, 0.15) is 33.1 Å². The first-order valence-electron chi connectivity index (χ1n) is 5.46. The van der Waals surface area contributed by atoms with Crippen LogP contribution in [0, 0.1) is 16.0 Å². The molecule has 5 nitrogen and oxygen atoms in total. The number of carbonyl (C=O) groups is 2. The van der Waals surface area contributed by atoms with E-state index in [1.54, 1.807) is 6.08 Å². The minimum absolute atomic E-state index is 0.0457. The van der Waals surface area contributed by atoms with Crippen LogP contribution in [0.4, 0.5) is 0 Å². The molecule has 1 unspecified atom stereocenters. The molecule has 0 amide bonds. The molecule has 1 atom stereocenters. The molecule has 0 fully saturated rings. The van der Waals surface area contributed by atoms with Gasteiger partial charge < -0.3 is 4.79 Å². The first-order chi connectivity index (χ1) is 7.90. The van der Waals surface area contributed by atoms with E-state index in [0.717, 1.165) is 0 Å². The second kappa shape index (κ2) is 5.52. The highest BCUT2D eigenvalue weighted by molar-refractivity contribution is 5.93. The van der Waals surface area contributed by atoms with E-state index < -0.39 is 4.92 Å². The fraction of sp³-hybridized carbons (Fsp3) is 0.500. The molecule has 1 aliphatic rings. The van der Waals surface area contributed by atoms with E-state index in [9.17, 15) is 19.7 Å². The van der Waals surface area contributed by atoms with E-state index >= 15 is 0 Å². The Morgan fingerprint density at radius 2 is 2.06 bits per heavy atom. The van der Waals surface area contributed by atoms with Gasteiger partial charge in [-0.1, -0.05) is 6.08 Å². The molecule has 17 heavy (non-hydrogen) atoms. The Kier molecular flexibility index (Phi) is 4.31. The summed E-state index contributed by atoms with van der Waals surface area (Å²) >= 11 is 0. The maximum Gasteiger partial charge on any atom is 0.247 e. The van der Waals surface area contributed by atoms with Gasteiger partial charge in [-0.25, -0.2) is 0 Å². The smallest absolute Gasteiger partial charge is 0.247 e. The van der Waals surface area contributed by atoms with Crippen molar-refractivity contribution < 1.29 is 14.5 Å². The van der Waals surface area contributed by atoms with Gasteiger partial charge in [0, 0.05) is 17.9 Å². The highest BCUT2D eigenvalue weighted by Crippen LogP contribution is 2.26. The summed E-state index contributed by atoms with van der Waals surface area (Å²) in [4.78, 5) is 32.4. The third-order valence-corrected chi connectivity index (χ3v) is 2.71. The quantitative estimate of drug-likeness (QED) is 0.541. The molecule has 0 saturated carbocycles. The van der Waals surface area contributed by atoms with Gasteiger partial charge in [0.1, 0.15) is 5.78 Å². The highest BCUT2D eigenvalue weighted by Gasteiger charge is 2.23. The van der Waals surface area contributed by atoms with Crippen molar-refractivity contribution in [1.82, 2.24) is 0 Å². The van der Waals surface area contributed by atoms with Crippen LogP contribution in [0.25, 0.3) is 0 Å². The molecular weight excluding hydrogens is 222 g/mol. The largest absolute Gasteiger partial charge is 0.300 e. The van der Waals surface area contributed by atoms with E-state index in [4.69, 9.17) is 0 Å². The predicted octanol–water partition coefficient (Wildman–Crippen LogP) is 2.05. The molecule has 0 radical (unpaired) electrons.